The van der Waals surface area contributed by atoms with Gasteiger partial charge in [-0.3, -0.25) is 9.59 Å². The summed E-state index contributed by atoms with van der Waals surface area (Å²) in [6.45, 7) is 3.87. The molecular formula is C28H33N7O3. The van der Waals surface area contributed by atoms with Crippen molar-refractivity contribution in [3.63, 3.8) is 0 Å². The molecule has 3 aromatic rings. The molecule has 1 unspecified atom stereocenters. The van der Waals surface area contributed by atoms with Crippen molar-refractivity contribution >= 4 is 40.6 Å². The van der Waals surface area contributed by atoms with Crippen LogP contribution < -0.4 is 19.9 Å². The van der Waals surface area contributed by atoms with Crippen LogP contribution in [0.1, 0.15) is 34.1 Å². The Kier molecular flexibility index (Phi) is 6.90. The molecule has 0 spiro atoms. The summed E-state index contributed by atoms with van der Waals surface area (Å²) in [6.07, 6.45) is 2.62. The quantitative estimate of drug-likeness (QED) is 0.531. The molecule has 3 heterocycles. The second-order valence-electron chi connectivity index (χ2n) is 9.73. The third-order valence-electron chi connectivity index (χ3n) is 7.29. The number of likely N-dealkylation sites (tertiary alicyclic amines) is 1. The molecular weight excluding hydrogens is 482 g/mol. The lowest BCUT2D eigenvalue weighted by Gasteiger charge is -2.23. The second kappa shape index (κ2) is 10.3. The number of methoxy groups -OCH3 is 1. The van der Waals surface area contributed by atoms with E-state index in [1.54, 1.807) is 30.3 Å². The summed E-state index contributed by atoms with van der Waals surface area (Å²) in [7, 11) is 7.54. The fourth-order valence-corrected chi connectivity index (χ4v) is 5.07. The van der Waals surface area contributed by atoms with Crippen molar-refractivity contribution in [3.05, 3.63) is 59.8 Å². The molecule has 1 N–H and O–H groups in total. The Morgan fingerprint density at radius 1 is 1.18 bits per heavy atom. The van der Waals surface area contributed by atoms with Crippen LogP contribution in [0.4, 0.5) is 28.8 Å². The number of nitrogens with one attached hydrogen (secondary N) is 1. The Labute approximate surface area is 222 Å². The first-order chi connectivity index (χ1) is 18.3. The topological polar surface area (TPSA) is 94.1 Å². The molecule has 1 fully saturated rings. The van der Waals surface area contributed by atoms with Gasteiger partial charge in [0.15, 0.2) is 5.82 Å². The number of likely N-dealkylation sites (N-methyl/N-ethyl adjacent to an activating group) is 1. The molecule has 0 radical (unpaired) electrons. The van der Waals surface area contributed by atoms with E-state index in [0.717, 1.165) is 18.7 Å². The molecule has 38 heavy (non-hydrogen) atoms. The first-order valence-electron chi connectivity index (χ1n) is 12.7. The lowest BCUT2D eigenvalue weighted by Crippen LogP contribution is -2.34. The van der Waals surface area contributed by atoms with Gasteiger partial charge in [0, 0.05) is 38.3 Å². The van der Waals surface area contributed by atoms with Crippen molar-refractivity contribution in [3.8, 4) is 5.75 Å². The highest BCUT2D eigenvalue weighted by atomic mass is 16.5. The number of hydrogen-bond donors (Lipinski definition) is 1. The van der Waals surface area contributed by atoms with Crippen LogP contribution in [0.15, 0.2) is 48.7 Å². The standard InChI is InChI=1S/C28H33N7O3/c1-6-35-23-16-29-28(31-25(23)33(4)22-10-8-7-9-20(22)27(35)37)30-21-12-11-18(15-24(21)38-5)26(36)34-14-13-19(17-34)32(2)3/h7-12,15-16,19H,6,13-14,17H2,1-5H3,(H,29,30,31). The number of nitrogens with zero attached hydrogens (tertiary/aromatic N) is 6. The maximum Gasteiger partial charge on any atom is 0.260 e. The number of amides is 2. The molecule has 0 bridgehead atoms. The fourth-order valence-electron chi connectivity index (χ4n) is 5.07. The van der Waals surface area contributed by atoms with Gasteiger partial charge in [-0.05, 0) is 57.8 Å². The summed E-state index contributed by atoms with van der Waals surface area (Å²) < 4.78 is 5.62. The van der Waals surface area contributed by atoms with Gasteiger partial charge in [0.2, 0.25) is 5.95 Å². The monoisotopic (exact) mass is 515 g/mol. The van der Waals surface area contributed by atoms with Gasteiger partial charge < -0.3 is 29.7 Å². The van der Waals surface area contributed by atoms with E-state index in [4.69, 9.17) is 9.72 Å². The molecule has 2 aliphatic rings. The zero-order valence-electron chi connectivity index (χ0n) is 22.4. The number of carbonyl (C=O) groups excluding carboxylic acids is 2. The molecule has 10 nitrogen and oxygen atoms in total. The smallest absolute Gasteiger partial charge is 0.260 e. The maximum atomic E-state index is 13.2. The summed E-state index contributed by atoms with van der Waals surface area (Å²) in [6, 6.07) is 13.2. The van der Waals surface area contributed by atoms with Gasteiger partial charge in [0.1, 0.15) is 11.4 Å². The van der Waals surface area contributed by atoms with Gasteiger partial charge in [-0.25, -0.2) is 4.98 Å². The number of para-hydroxylation sites is 1. The lowest BCUT2D eigenvalue weighted by molar-refractivity contribution is 0.0782. The summed E-state index contributed by atoms with van der Waals surface area (Å²) in [5.74, 6) is 1.38. The molecule has 2 aliphatic heterocycles. The minimum absolute atomic E-state index is 0.00917. The van der Waals surface area contributed by atoms with Crippen LogP contribution in [0.25, 0.3) is 0 Å². The Balaban J connectivity index is 1.43. The number of rotatable bonds is 6. The summed E-state index contributed by atoms with van der Waals surface area (Å²) in [4.78, 5) is 43.3. The largest absolute Gasteiger partial charge is 0.495 e. The van der Waals surface area contributed by atoms with Gasteiger partial charge >= 0.3 is 0 Å². The molecule has 0 saturated carbocycles. The van der Waals surface area contributed by atoms with E-state index in [0.29, 0.717) is 59.1 Å². The van der Waals surface area contributed by atoms with Gasteiger partial charge in [0.25, 0.3) is 11.8 Å². The zero-order chi connectivity index (χ0) is 27.0. The van der Waals surface area contributed by atoms with Crippen LogP contribution in [0.2, 0.25) is 0 Å². The zero-order valence-corrected chi connectivity index (χ0v) is 22.4. The number of benzene rings is 2. The van der Waals surface area contributed by atoms with E-state index in [1.807, 2.05) is 68.2 Å². The minimum atomic E-state index is -0.0881. The normalized spacial score (nSPS) is 16.8. The van der Waals surface area contributed by atoms with Crippen molar-refractivity contribution in [2.45, 2.75) is 19.4 Å². The van der Waals surface area contributed by atoms with E-state index >= 15 is 0 Å². The predicted molar refractivity (Wildman–Crippen MR) is 148 cm³/mol. The molecule has 2 aromatic carbocycles. The highest BCUT2D eigenvalue weighted by Gasteiger charge is 2.31. The molecule has 0 aliphatic carbocycles. The van der Waals surface area contributed by atoms with Gasteiger partial charge in [0.05, 0.1) is 30.2 Å². The molecule has 1 saturated heterocycles. The van der Waals surface area contributed by atoms with Crippen molar-refractivity contribution in [1.29, 1.82) is 0 Å². The van der Waals surface area contributed by atoms with Gasteiger partial charge in [-0.2, -0.15) is 4.98 Å². The molecule has 1 aromatic heterocycles. The number of hydrogen-bond acceptors (Lipinski definition) is 8. The van der Waals surface area contributed by atoms with Crippen molar-refractivity contribution < 1.29 is 14.3 Å². The Morgan fingerprint density at radius 3 is 2.68 bits per heavy atom. The third kappa shape index (κ3) is 4.51. The minimum Gasteiger partial charge on any atom is -0.495 e. The molecule has 5 rings (SSSR count). The summed E-state index contributed by atoms with van der Waals surface area (Å²) >= 11 is 0. The van der Waals surface area contributed by atoms with E-state index in [2.05, 4.69) is 15.2 Å². The SMILES string of the molecule is CCN1C(=O)c2ccccc2N(C)c2nc(Nc3ccc(C(=O)N4CCC(N(C)C)C4)cc3OC)ncc21. The molecule has 2 amide bonds. The summed E-state index contributed by atoms with van der Waals surface area (Å²) in [5.41, 5.74) is 3.23. The highest BCUT2D eigenvalue weighted by molar-refractivity contribution is 6.13. The number of aromatic nitrogens is 2. The Morgan fingerprint density at radius 2 is 1.97 bits per heavy atom. The van der Waals surface area contributed by atoms with E-state index < -0.39 is 0 Å². The van der Waals surface area contributed by atoms with Crippen LogP contribution >= 0.6 is 0 Å². The van der Waals surface area contributed by atoms with E-state index in [-0.39, 0.29) is 11.8 Å². The fraction of sp³-hybridized carbons (Fsp3) is 0.357. The highest BCUT2D eigenvalue weighted by Crippen LogP contribution is 2.39. The van der Waals surface area contributed by atoms with Crippen LogP contribution in [0.3, 0.4) is 0 Å². The average molecular weight is 516 g/mol. The third-order valence-corrected chi connectivity index (χ3v) is 7.29. The van der Waals surface area contributed by atoms with E-state index in [1.165, 1.54) is 0 Å². The number of fused-ring (bicyclic) bond motifs is 2. The predicted octanol–water partition coefficient (Wildman–Crippen LogP) is 3.75. The second-order valence-corrected chi connectivity index (χ2v) is 9.73. The van der Waals surface area contributed by atoms with Gasteiger partial charge in [-0.15, -0.1) is 0 Å². The number of ether oxygens (including phenoxy) is 1. The summed E-state index contributed by atoms with van der Waals surface area (Å²) in [5, 5.41) is 3.23. The van der Waals surface area contributed by atoms with Crippen molar-refractivity contribution in [2.24, 2.45) is 0 Å². The molecule has 10 heteroatoms. The van der Waals surface area contributed by atoms with Crippen molar-refractivity contribution in [2.75, 3.05) is 63.0 Å². The number of anilines is 5. The van der Waals surface area contributed by atoms with Crippen molar-refractivity contribution in [1.82, 2.24) is 19.8 Å². The first kappa shape index (κ1) is 25.5. The number of carbonyl (C=O) groups is 2. The van der Waals surface area contributed by atoms with Crippen LogP contribution in [0.5, 0.6) is 5.75 Å². The lowest BCUT2D eigenvalue weighted by atomic mass is 10.1. The maximum absolute atomic E-state index is 13.2. The van der Waals surface area contributed by atoms with E-state index in [9.17, 15) is 9.59 Å². The first-order valence-corrected chi connectivity index (χ1v) is 12.7. The van der Waals surface area contributed by atoms with Crippen LogP contribution in [-0.4, -0.2) is 85.5 Å². The van der Waals surface area contributed by atoms with Crippen LogP contribution in [-0.2, 0) is 0 Å². The van der Waals surface area contributed by atoms with Crippen LogP contribution in [0, 0.1) is 0 Å². The Bertz CT molecular complexity index is 1380. The average Bonchev–Trinajstić information content (AvgIpc) is 3.41. The Hall–Kier alpha value is -4.18. The molecule has 1 atom stereocenters. The molecule has 198 valence electrons. The van der Waals surface area contributed by atoms with Gasteiger partial charge in [-0.1, -0.05) is 12.1 Å².